The first-order chi connectivity index (χ1) is 37.2. The quantitative estimate of drug-likeness (QED) is 0.117. The van der Waals surface area contributed by atoms with Gasteiger partial charge in [0.2, 0.25) is 0 Å². The van der Waals surface area contributed by atoms with E-state index in [4.69, 9.17) is 0 Å². The first-order valence-corrected chi connectivity index (χ1v) is 25.8. The summed E-state index contributed by atoms with van der Waals surface area (Å²) in [5, 5.41) is 4.93. The van der Waals surface area contributed by atoms with Gasteiger partial charge in [0.1, 0.15) is 0 Å². The average Bonchev–Trinajstić information content (AvgIpc) is 3.50. The topological polar surface area (TPSA) is 3.24 Å². The Hall–Kier alpha value is -9.82. The largest absolute Gasteiger partial charge is 0.310 e. The van der Waals surface area contributed by atoms with Crippen LogP contribution in [0.4, 0.5) is 17.1 Å². The maximum absolute atomic E-state index is 2.45. The summed E-state index contributed by atoms with van der Waals surface area (Å²) < 4.78 is 0. The average molecular weight is 954 g/mol. The van der Waals surface area contributed by atoms with Crippen LogP contribution < -0.4 is 4.90 Å². The minimum absolute atomic E-state index is 1.06. The van der Waals surface area contributed by atoms with Crippen molar-refractivity contribution in [2.24, 2.45) is 0 Å². The highest BCUT2D eigenvalue weighted by Crippen LogP contribution is 2.49. The normalized spacial score (nSPS) is 11.2. The summed E-state index contributed by atoms with van der Waals surface area (Å²) in [5.41, 5.74) is 22.2. The lowest BCUT2D eigenvalue weighted by Crippen LogP contribution is -2.11. The van der Waals surface area contributed by atoms with Crippen molar-refractivity contribution in [1.82, 2.24) is 0 Å². The smallest absolute Gasteiger partial charge is 0.0540 e. The minimum Gasteiger partial charge on any atom is -0.310 e. The van der Waals surface area contributed by atoms with E-state index < -0.39 is 0 Å². The van der Waals surface area contributed by atoms with Crippen molar-refractivity contribution in [1.29, 1.82) is 0 Å². The van der Waals surface area contributed by atoms with Crippen molar-refractivity contribution in [2.75, 3.05) is 4.90 Å². The van der Waals surface area contributed by atoms with E-state index in [0.29, 0.717) is 0 Å². The SMILES string of the molecule is c1ccc(-c2ccc(-c3ccc(N(c4ccc(-c5ccccc5)c(-c5ccccc5)c4)c4ccccc4-c4ccc5c(c4)c(-c4ccccc4)c(-c4ccccc4)c4ccccc45)cc3)c(-c3ccccc3)c2)cc1. The number of anilines is 3. The van der Waals surface area contributed by atoms with Crippen LogP contribution in [0.25, 0.3) is 111 Å². The molecule has 0 saturated heterocycles. The van der Waals surface area contributed by atoms with Gasteiger partial charge in [-0.2, -0.15) is 0 Å². The Bertz CT molecular complexity index is 4110. The number of benzene rings is 13. The first-order valence-electron chi connectivity index (χ1n) is 25.8. The molecule has 0 saturated carbocycles. The van der Waals surface area contributed by atoms with Crippen molar-refractivity contribution < 1.29 is 0 Å². The van der Waals surface area contributed by atoms with Crippen LogP contribution in [0.3, 0.4) is 0 Å². The summed E-state index contributed by atoms with van der Waals surface area (Å²) in [6, 6.07) is 113. The lowest BCUT2D eigenvalue weighted by Gasteiger charge is -2.29. The van der Waals surface area contributed by atoms with Crippen LogP contribution in [0.5, 0.6) is 0 Å². The molecule has 0 aliphatic heterocycles. The van der Waals surface area contributed by atoms with Crippen molar-refractivity contribution in [3.8, 4) is 89.0 Å². The molecule has 0 aliphatic carbocycles. The van der Waals surface area contributed by atoms with Crippen molar-refractivity contribution in [2.45, 2.75) is 0 Å². The molecule has 0 fully saturated rings. The third kappa shape index (κ3) is 8.67. The zero-order valence-corrected chi connectivity index (χ0v) is 41.4. The summed E-state index contributed by atoms with van der Waals surface area (Å²) in [7, 11) is 0. The highest BCUT2D eigenvalue weighted by atomic mass is 15.1. The van der Waals surface area contributed by atoms with E-state index in [9.17, 15) is 0 Å². The van der Waals surface area contributed by atoms with E-state index in [1.807, 2.05) is 0 Å². The second-order valence-electron chi connectivity index (χ2n) is 19.1. The Morgan fingerprint density at radius 1 is 0.173 bits per heavy atom. The number of rotatable bonds is 11. The molecule has 0 aliphatic rings. The van der Waals surface area contributed by atoms with Crippen LogP contribution in [0.2, 0.25) is 0 Å². The van der Waals surface area contributed by atoms with E-state index in [2.05, 4.69) is 314 Å². The molecule has 13 rings (SSSR count). The van der Waals surface area contributed by atoms with Crippen molar-refractivity contribution in [3.05, 3.63) is 309 Å². The highest BCUT2D eigenvalue weighted by Gasteiger charge is 2.23. The van der Waals surface area contributed by atoms with Crippen molar-refractivity contribution >= 4 is 38.6 Å². The fourth-order valence-corrected chi connectivity index (χ4v) is 11.2. The molecule has 0 amide bonds. The van der Waals surface area contributed by atoms with Crippen LogP contribution in [-0.2, 0) is 0 Å². The Kier molecular flexibility index (Phi) is 12.0. The third-order valence-electron chi connectivity index (χ3n) is 14.7. The molecular formula is C74H51N. The predicted octanol–water partition coefficient (Wildman–Crippen LogP) is 20.8. The fraction of sp³-hybridized carbons (Fsp3) is 0. The number of hydrogen-bond donors (Lipinski definition) is 0. The van der Waals surface area contributed by atoms with Crippen LogP contribution >= 0.6 is 0 Å². The van der Waals surface area contributed by atoms with Gasteiger partial charge in [-0.1, -0.05) is 267 Å². The maximum Gasteiger partial charge on any atom is 0.0540 e. The van der Waals surface area contributed by atoms with Gasteiger partial charge in [0.05, 0.1) is 5.69 Å². The van der Waals surface area contributed by atoms with E-state index in [1.54, 1.807) is 0 Å². The molecule has 1 heteroatoms. The van der Waals surface area contributed by atoms with E-state index in [0.717, 1.165) is 33.8 Å². The third-order valence-corrected chi connectivity index (χ3v) is 14.7. The molecule has 13 aromatic rings. The van der Waals surface area contributed by atoms with Gasteiger partial charge in [-0.25, -0.2) is 0 Å². The van der Waals surface area contributed by atoms with Gasteiger partial charge in [0.15, 0.2) is 0 Å². The molecule has 0 aromatic heterocycles. The Balaban J connectivity index is 1.02. The van der Waals surface area contributed by atoms with Crippen molar-refractivity contribution in [3.63, 3.8) is 0 Å². The molecule has 13 aromatic carbocycles. The van der Waals surface area contributed by atoms with Gasteiger partial charge < -0.3 is 4.90 Å². The van der Waals surface area contributed by atoms with Gasteiger partial charge in [-0.15, -0.1) is 0 Å². The summed E-state index contributed by atoms with van der Waals surface area (Å²) in [6.45, 7) is 0. The van der Waals surface area contributed by atoms with Gasteiger partial charge in [-0.3, -0.25) is 0 Å². The zero-order chi connectivity index (χ0) is 49.9. The molecule has 352 valence electrons. The van der Waals surface area contributed by atoms with Gasteiger partial charge in [0.25, 0.3) is 0 Å². The van der Waals surface area contributed by atoms with E-state index in [-0.39, 0.29) is 0 Å². The lowest BCUT2D eigenvalue weighted by molar-refractivity contribution is 1.28. The van der Waals surface area contributed by atoms with Crippen LogP contribution in [0.1, 0.15) is 0 Å². The second kappa shape index (κ2) is 20.0. The predicted molar refractivity (Wildman–Crippen MR) is 320 cm³/mol. The molecule has 0 atom stereocenters. The van der Waals surface area contributed by atoms with Crippen LogP contribution in [-0.4, -0.2) is 0 Å². The molecular weight excluding hydrogens is 903 g/mol. The monoisotopic (exact) mass is 953 g/mol. The van der Waals surface area contributed by atoms with Gasteiger partial charge in [-0.05, 0) is 147 Å². The molecule has 0 N–H and O–H groups in total. The first kappa shape index (κ1) is 45.1. The minimum atomic E-state index is 1.06. The molecule has 0 bridgehead atoms. The summed E-state index contributed by atoms with van der Waals surface area (Å²) in [6.07, 6.45) is 0. The number of para-hydroxylation sites is 1. The van der Waals surface area contributed by atoms with E-state index >= 15 is 0 Å². The number of hydrogen-bond acceptors (Lipinski definition) is 1. The van der Waals surface area contributed by atoms with Gasteiger partial charge in [0, 0.05) is 16.9 Å². The van der Waals surface area contributed by atoms with E-state index in [1.165, 1.54) is 93.9 Å². The number of nitrogens with zero attached hydrogens (tertiary/aromatic N) is 1. The molecule has 0 spiro atoms. The summed E-state index contributed by atoms with van der Waals surface area (Å²) >= 11 is 0. The molecule has 1 nitrogen and oxygen atoms in total. The molecule has 75 heavy (non-hydrogen) atoms. The Morgan fingerprint density at radius 3 is 1.15 bits per heavy atom. The van der Waals surface area contributed by atoms with Crippen LogP contribution in [0, 0.1) is 0 Å². The number of fused-ring (bicyclic) bond motifs is 3. The summed E-state index contributed by atoms with van der Waals surface area (Å²) in [4.78, 5) is 2.45. The molecule has 0 radical (unpaired) electrons. The Morgan fingerprint density at radius 2 is 0.560 bits per heavy atom. The molecule has 0 heterocycles. The second-order valence-corrected chi connectivity index (χ2v) is 19.1. The molecule has 0 unspecified atom stereocenters. The summed E-state index contributed by atoms with van der Waals surface area (Å²) in [5.74, 6) is 0. The zero-order valence-electron chi connectivity index (χ0n) is 41.4. The van der Waals surface area contributed by atoms with Gasteiger partial charge >= 0.3 is 0 Å². The lowest BCUT2D eigenvalue weighted by atomic mass is 9.84. The highest BCUT2D eigenvalue weighted by molar-refractivity contribution is 6.22. The maximum atomic E-state index is 2.45. The fourth-order valence-electron chi connectivity index (χ4n) is 11.2. The van der Waals surface area contributed by atoms with Crippen LogP contribution in [0.15, 0.2) is 309 Å². The standard InChI is InChI=1S/C74H51N/c1-7-23-52(24-8-1)59-41-46-63(69(49-59)54-27-11-3-12-28-54)56-39-43-61(44-40-56)75(62-45-48-64(53-25-9-2-10-26-53)70(51-62)55-29-13-4-14-30-55)72-38-22-21-35-65(72)60-42-47-67-66-36-19-20-37-68(66)73(57-31-15-5-16-32-57)74(71(67)50-60)58-33-17-6-18-34-58/h1-51H. The Labute approximate surface area is 439 Å².